The minimum atomic E-state index is -0.224. The van der Waals surface area contributed by atoms with Crippen LogP contribution in [0.15, 0.2) is 35.3 Å². The highest BCUT2D eigenvalue weighted by Gasteiger charge is 2.23. The average Bonchev–Trinajstić information content (AvgIpc) is 2.60. The highest BCUT2D eigenvalue weighted by molar-refractivity contribution is 5.80. The Kier molecular flexibility index (Phi) is 6.72. The van der Waals surface area contributed by atoms with E-state index in [1.807, 2.05) is 25.1 Å². The number of amides is 1. The molecule has 126 valence electrons. The SMILES string of the molecule is CCNC(=NCc1ccccc1)N1CCN(C(=O)OCC)CC1. The Morgan fingerprint density at radius 2 is 1.78 bits per heavy atom. The molecule has 1 aromatic rings. The summed E-state index contributed by atoms with van der Waals surface area (Å²) in [6, 6.07) is 10.2. The van der Waals surface area contributed by atoms with Gasteiger partial charge in [-0.2, -0.15) is 0 Å². The number of nitrogens with zero attached hydrogens (tertiary/aromatic N) is 3. The van der Waals surface area contributed by atoms with Crippen LogP contribution < -0.4 is 5.32 Å². The normalized spacial score (nSPS) is 15.5. The third kappa shape index (κ3) is 5.16. The first-order valence-electron chi connectivity index (χ1n) is 8.23. The molecule has 1 fully saturated rings. The molecular weight excluding hydrogens is 292 g/mol. The summed E-state index contributed by atoms with van der Waals surface area (Å²) >= 11 is 0. The van der Waals surface area contributed by atoms with Crippen molar-refractivity contribution in [3.8, 4) is 0 Å². The fraction of sp³-hybridized carbons (Fsp3) is 0.529. The standard InChI is InChI=1S/C17H26N4O2/c1-3-18-16(19-14-15-8-6-5-7-9-15)20-10-12-21(13-11-20)17(22)23-4-2/h5-9H,3-4,10-14H2,1-2H3,(H,18,19). The van der Waals surface area contributed by atoms with E-state index in [2.05, 4.69) is 29.3 Å². The summed E-state index contributed by atoms with van der Waals surface area (Å²) in [6.07, 6.45) is -0.224. The smallest absolute Gasteiger partial charge is 0.409 e. The Labute approximate surface area is 138 Å². The zero-order valence-electron chi connectivity index (χ0n) is 14.0. The van der Waals surface area contributed by atoms with Gasteiger partial charge in [0.25, 0.3) is 0 Å². The molecule has 1 aromatic carbocycles. The number of benzene rings is 1. The number of aliphatic imine (C=N–C) groups is 1. The lowest BCUT2D eigenvalue weighted by atomic mass is 10.2. The molecule has 0 unspecified atom stereocenters. The van der Waals surface area contributed by atoms with Gasteiger partial charge in [-0.3, -0.25) is 0 Å². The Hall–Kier alpha value is -2.24. The highest BCUT2D eigenvalue weighted by atomic mass is 16.6. The highest BCUT2D eigenvalue weighted by Crippen LogP contribution is 2.06. The number of rotatable bonds is 4. The Balaban J connectivity index is 1.93. The van der Waals surface area contributed by atoms with Crippen LogP contribution in [0.2, 0.25) is 0 Å². The monoisotopic (exact) mass is 318 g/mol. The molecule has 6 heteroatoms. The fourth-order valence-corrected chi connectivity index (χ4v) is 2.49. The van der Waals surface area contributed by atoms with Gasteiger partial charge in [-0.15, -0.1) is 0 Å². The van der Waals surface area contributed by atoms with Crippen LogP contribution in [0.1, 0.15) is 19.4 Å². The van der Waals surface area contributed by atoms with Gasteiger partial charge < -0.3 is 19.9 Å². The minimum Gasteiger partial charge on any atom is -0.450 e. The van der Waals surface area contributed by atoms with E-state index in [0.717, 1.165) is 25.6 Å². The molecule has 0 bridgehead atoms. The third-order valence-corrected chi connectivity index (χ3v) is 3.69. The lowest BCUT2D eigenvalue weighted by Crippen LogP contribution is -2.53. The summed E-state index contributed by atoms with van der Waals surface area (Å²) in [4.78, 5) is 20.4. The van der Waals surface area contributed by atoms with Crippen LogP contribution in [0.25, 0.3) is 0 Å². The molecule has 0 aliphatic carbocycles. The molecule has 1 N–H and O–H groups in total. The molecule has 1 heterocycles. The van der Waals surface area contributed by atoms with Crippen LogP contribution >= 0.6 is 0 Å². The van der Waals surface area contributed by atoms with Gasteiger partial charge in [-0.25, -0.2) is 9.79 Å². The van der Waals surface area contributed by atoms with Gasteiger partial charge in [-0.05, 0) is 19.4 Å². The minimum absolute atomic E-state index is 0.224. The second-order valence-electron chi connectivity index (χ2n) is 5.33. The number of piperazine rings is 1. The molecule has 1 saturated heterocycles. The fourth-order valence-electron chi connectivity index (χ4n) is 2.49. The van der Waals surface area contributed by atoms with Crippen LogP contribution in [0.5, 0.6) is 0 Å². The first-order chi connectivity index (χ1) is 11.2. The summed E-state index contributed by atoms with van der Waals surface area (Å²) in [5.74, 6) is 0.903. The van der Waals surface area contributed by atoms with Crippen molar-refractivity contribution >= 4 is 12.1 Å². The van der Waals surface area contributed by atoms with Gasteiger partial charge in [-0.1, -0.05) is 30.3 Å². The number of hydrogen-bond donors (Lipinski definition) is 1. The van der Waals surface area contributed by atoms with Crippen LogP contribution in [0.3, 0.4) is 0 Å². The first-order valence-corrected chi connectivity index (χ1v) is 8.23. The Morgan fingerprint density at radius 1 is 1.13 bits per heavy atom. The molecule has 0 spiro atoms. The van der Waals surface area contributed by atoms with Crippen molar-refractivity contribution in [2.24, 2.45) is 4.99 Å². The van der Waals surface area contributed by atoms with Crippen LogP contribution in [-0.4, -0.2) is 61.2 Å². The number of guanidine groups is 1. The molecule has 2 rings (SSSR count). The van der Waals surface area contributed by atoms with E-state index in [1.165, 1.54) is 5.56 Å². The van der Waals surface area contributed by atoms with Crippen molar-refractivity contribution in [1.82, 2.24) is 15.1 Å². The molecule has 23 heavy (non-hydrogen) atoms. The van der Waals surface area contributed by atoms with E-state index < -0.39 is 0 Å². The Morgan fingerprint density at radius 3 is 2.39 bits per heavy atom. The van der Waals surface area contributed by atoms with Gasteiger partial charge in [0.05, 0.1) is 13.2 Å². The topological polar surface area (TPSA) is 57.2 Å². The number of nitrogens with one attached hydrogen (secondary N) is 1. The predicted octanol–water partition coefficient (Wildman–Crippen LogP) is 1.93. The van der Waals surface area contributed by atoms with Crippen molar-refractivity contribution < 1.29 is 9.53 Å². The molecule has 1 aliphatic rings. The third-order valence-electron chi connectivity index (χ3n) is 3.69. The van der Waals surface area contributed by atoms with E-state index in [-0.39, 0.29) is 6.09 Å². The van der Waals surface area contributed by atoms with E-state index in [4.69, 9.17) is 9.73 Å². The largest absolute Gasteiger partial charge is 0.450 e. The van der Waals surface area contributed by atoms with Crippen molar-refractivity contribution in [3.05, 3.63) is 35.9 Å². The molecule has 0 atom stereocenters. The van der Waals surface area contributed by atoms with E-state index in [1.54, 1.807) is 4.90 Å². The summed E-state index contributed by atoms with van der Waals surface area (Å²) < 4.78 is 5.05. The van der Waals surface area contributed by atoms with E-state index in [0.29, 0.717) is 26.2 Å². The average molecular weight is 318 g/mol. The molecule has 0 saturated carbocycles. The van der Waals surface area contributed by atoms with E-state index >= 15 is 0 Å². The molecule has 6 nitrogen and oxygen atoms in total. The van der Waals surface area contributed by atoms with E-state index in [9.17, 15) is 4.79 Å². The number of ether oxygens (including phenoxy) is 1. The zero-order chi connectivity index (χ0) is 16.5. The van der Waals surface area contributed by atoms with Crippen LogP contribution in [0, 0.1) is 0 Å². The second kappa shape index (κ2) is 9.02. The molecule has 1 amide bonds. The Bertz CT molecular complexity index is 511. The van der Waals surface area contributed by atoms with Crippen molar-refractivity contribution in [2.75, 3.05) is 39.3 Å². The van der Waals surface area contributed by atoms with Crippen LogP contribution in [-0.2, 0) is 11.3 Å². The molecule has 0 radical (unpaired) electrons. The van der Waals surface area contributed by atoms with Crippen LogP contribution in [0.4, 0.5) is 4.79 Å². The molecular formula is C17H26N4O2. The zero-order valence-corrected chi connectivity index (χ0v) is 14.0. The van der Waals surface area contributed by atoms with Gasteiger partial charge in [0.2, 0.25) is 0 Å². The maximum absolute atomic E-state index is 11.8. The lowest BCUT2D eigenvalue weighted by molar-refractivity contribution is 0.0914. The summed E-state index contributed by atoms with van der Waals surface area (Å²) in [5, 5.41) is 3.33. The summed E-state index contributed by atoms with van der Waals surface area (Å²) in [6.45, 7) is 8.63. The van der Waals surface area contributed by atoms with Crippen molar-refractivity contribution in [1.29, 1.82) is 0 Å². The van der Waals surface area contributed by atoms with Gasteiger partial charge in [0.1, 0.15) is 0 Å². The number of carbonyl (C=O) groups is 1. The van der Waals surface area contributed by atoms with Crippen molar-refractivity contribution in [3.63, 3.8) is 0 Å². The van der Waals surface area contributed by atoms with Crippen molar-refractivity contribution in [2.45, 2.75) is 20.4 Å². The number of carbonyl (C=O) groups excluding carboxylic acids is 1. The van der Waals surface area contributed by atoms with Gasteiger partial charge >= 0.3 is 6.09 Å². The van der Waals surface area contributed by atoms with Gasteiger partial charge in [0.15, 0.2) is 5.96 Å². The number of hydrogen-bond acceptors (Lipinski definition) is 3. The molecule has 1 aliphatic heterocycles. The molecule has 0 aromatic heterocycles. The van der Waals surface area contributed by atoms with Gasteiger partial charge in [0, 0.05) is 32.7 Å². The maximum atomic E-state index is 11.8. The summed E-state index contributed by atoms with van der Waals surface area (Å²) in [7, 11) is 0. The maximum Gasteiger partial charge on any atom is 0.409 e. The first kappa shape index (κ1) is 17.1. The quantitative estimate of drug-likeness (QED) is 0.681. The second-order valence-corrected chi connectivity index (χ2v) is 5.33. The lowest BCUT2D eigenvalue weighted by Gasteiger charge is -2.35. The predicted molar refractivity (Wildman–Crippen MR) is 91.4 cm³/mol. The summed E-state index contributed by atoms with van der Waals surface area (Å²) in [5.41, 5.74) is 1.19.